The maximum Gasteiger partial charge on any atom is 0.0352 e. The molecule has 1 aromatic carbocycles. The van der Waals surface area contributed by atoms with Crippen LogP contribution < -0.4 is 0 Å². The summed E-state index contributed by atoms with van der Waals surface area (Å²) >= 11 is 1.84. The minimum absolute atomic E-state index is 1.09. The highest BCUT2D eigenvalue weighted by atomic mass is 32.1. The van der Waals surface area contributed by atoms with Crippen LogP contribution in [0, 0.1) is 6.92 Å². The lowest BCUT2D eigenvalue weighted by Gasteiger charge is -1.97. The summed E-state index contributed by atoms with van der Waals surface area (Å²) in [7, 11) is 0. The molecule has 2 aromatic rings. The minimum atomic E-state index is 1.09. The van der Waals surface area contributed by atoms with Crippen molar-refractivity contribution in [3.8, 4) is 0 Å². The molecule has 100 valence electrons. The van der Waals surface area contributed by atoms with E-state index in [0.29, 0.717) is 0 Å². The lowest BCUT2D eigenvalue weighted by molar-refractivity contribution is 1.16. The molecule has 0 aliphatic rings. The summed E-state index contributed by atoms with van der Waals surface area (Å²) in [6.07, 6.45) is 3.06. The zero-order chi connectivity index (χ0) is 14.1. The van der Waals surface area contributed by atoms with Crippen molar-refractivity contribution in [2.24, 2.45) is 0 Å². The van der Waals surface area contributed by atoms with E-state index in [4.69, 9.17) is 0 Å². The molecular weight excluding hydrogens is 236 g/mol. The molecule has 0 unspecified atom stereocenters. The Morgan fingerprint density at radius 1 is 1.17 bits per heavy atom. The quantitative estimate of drug-likeness (QED) is 0.582. The molecule has 0 saturated carbocycles. The van der Waals surface area contributed by atoms with Gasteiger partial charge in [-0.2, -0.15) is 0 Å². The second-order valence-corrected chi connectivity index (χ2v) is 4.59. The van der Waals surface area contributed by atoms with Crippen molar-refractivity contribution in [2.45, 2.75) is 48.0 Å². The summed E-state index contributed by atoms with van der Waals surface area (Å²) < 4.78 is 1.38. The maximum absolute atomic E-state index is 3.87. The van der Waals surface area contributed by atoms with Crippen LogP contribution >= 0.6 is 11.3 Å². The van der Waals surface area contributed by atoms with E-state index in [1.807, 2.05) is 45.1 Å². The third-order valence-electron chi connectivity index (χ3n) is 2.52. The van der Waals surface area contributed by atoms with E-state index in [9.17, 15) is 0 Å². The molecule has 18 heavy (non-hydrogen) atoms. The molecule has 0 fully saturated rings. The standard InChI is InChI=1S/C13H14S.2C2H6/c1-4-10-11-8-9(3)6-7-13(11)14-12(10)5-2;2*1-2/h5-8H,2,4H2,1,3H3;2*1-2H3. The van der Waals surface area contributed by atoms with Gasteiger partial charge in [0.1, 0.15) is 0 Å². The summed E-state index contributed by atoms with van der Waals surface area (Å²) in [4.78, 5) is 1.33. The van der Waals surface area contributed by atoms with Gasteiger partial charge in [-0.05, 0) is 30.4 Å². The molecule has 0 nitrogen and oxygen atoms in total. The molecule has 0 saturated heterocycles. The third-order valence-corrected chi connectivity index (χ3v) is 3.73. The first-order valence-electron chi connectivity index (χ1n) is 6.90. The van der Waals surface area contributed by atoms with Crippen molar-refractivity contribution in [1.29, 1.82) is 0 Å². The van der Waals surface area contributed by atoms with Crippen LogP contribution in [-0.4, -0.2) is 0 Å². The Morgan fingerprint density at radius 2 is 1.78 bits per heavy atom. The molecule has 1 aromatic heterocycles. The molecule has 0 N–H and O–H groups in total. The van der Waals surface area contributed by atoms with Crippen LogP contribution in [0.1, 0.15) is 50.6 Å². The number of hydrogen-bond acceptors (Lipinski definition) is 1. The van der Waals surface area contributed by atoms with Gasteiger partial charge in [0.2, 0.25) is 0 Å². The van der Waals surface area contributed by atoms with Gasteiger partial charge in [-0.1, -0.05) is 65.0 Å². The largest absolute Gasteiger partial charge is 0.136 e. The average Bonchev–Trinajstić information content (AvgIpc) is 2.80. The highest BCUT2D eigenvalue weighted by Crippen LogP contribution is 2.32. The van der Waals surface area contributed by atoms with Crippen molar-refractivity contribution in [3.05, 3.63) is 40.8 Å². The predicted molar refractivity (Wildman–Crippen MR) is 88.7 cm³/mol. The molecule has 0 aliphatic carbocycles. The van der Waals surface area contributed by atoms with Crippen molar-refractivity contribution >= 4 is 27.5 Å². The zero-order valence-electron chi connectivity index (χ0n) is 12.6. The van der Waals surface area contributed by atoms with Gasteiger partial charge in [-0.3, -0.25) is 0 Å². The van der Waals surface area contributed by atoms with Crippen LogP contribution in [0.3, 0.4) is 0 Å². The van der Waals surface area contributed by atoms with Gasteiger partial charge in [0.05, 0.1) is 0 Å². The fourth-order valence-corrected chi connectivity index (χ4v) is 2.94. The van der Waals surface area contributed by atoms with E-state index < -0.39 is 0 Å². The van der Waals surface area contributed by atoms with Crippen LogP contribution in [0.25, 0.3) is 16.2 Å². The van der Waals surface area contributed by atoms with E-state index in [1.165, 1.54) is 26.1 Å². The lowest BCUT2D eigenvalue weighted by atomic mass is 10.1. The Balaban J connectivity index is 0.000000659. The summed E-state index contributed by atoms with van der Waals surface area (Å²) in [6.45, 7) is 16.2. The van der Waals surface area contributed by atoms with Crippen molar-refractivity contribution in [3.63, 3.8) is 0 Å². The highest BCUT2D eigenvalue weighted by molar-refractivity contribution is 7.20. The summed E-state index contributed by atoms with van der Waals surface area (Å²) in [5.74, 6) is 0. The van der Waals surface area contributed by atoms with Crippen molar-refractivity contribution < 1.29 is 0 Å². The zero-order valence-corrected chi connectivity index (χ0v) is 13.4. The summed E-state index contributed by atoms with van der Waals surface area (Å²) in [6, 6.07) is 6.66. The smallest absolute Gasteiger partial charge is 0.0352 e. The monoisotopic (exact) mass is 262 g/mol. The van der Waals surface area contributed by atoms with Crippen LogP contribution in [0.2, 0.25) is 0 Å². The highest BCUT2D eigenvalue weighted by Gasteiger charge is 2.07. The predicted octanol–water partition coefficient (Wildman–Crippen LogP) is 6.47. The number of hydrogen-bond donors (Lipinski definition) is 0. The summed E-state index contributed by atoms with van der Waals surface area (Å²) in [5.41, 5.74) is 2.78. The topological polar surface area (TPSA) is 0 Å². The molecular formula is C17H26S. The SMILES string of the molecule is C=Cc1sc2ccc(C)cc2c1CC.CC.CC. The van der Waals surface area contributed by atoms with Crippen molar-refractivity contribution in [2.75, 3.05) is 0 Å². The molecule has 2 rings (SSSR count). The molecule has 0 atom stereocenters. The third kappa shape index (κ3) is 3.71. The molecule has 0 amide bonds. The number of thiophene rings is 1. The first-order chi connectivity index (χ1) is 8.76. The molecule has 0 spiro atoms. The molecule has 0 aliphatic heterocycles. The Labute approximate surface area is 116 Å². The van der Waals surface area contributed by atoms with Crippen LogP contribution in [0.15, 0.2) is 24.8 Å². The number of rotatable bonds is 2. The summed E-state index contributed by atoms with van der Waals surface area (Å²) in [5, 5.41) is 1.41. The van der Waals surface area contributed by atoms with Gasteiger partial charge in [-0.15, -0.1) is 11.3 Å². The molecule has 1 heteroatoms. The normalized spacial score (nSPS) is 9.00. The Bertz CT molecular complexity index is 478. The van der Waals surface area contributed by atoms with Gasteiger partial charge in [0, 0.05) is 9.58 Å². The van der Waals surface area contributed by atoms with E-state index in [2.05, 4.69) is 38.6 Å². The first-order valence-corrected chi connectivity index (χ1v) is 7.72. The van der Waals surface area contributed by atoms with Gasteiger partial charge in [0.15, 0.2) is 0 Å². The van der Waals surface area contributed by atoms with E-state index >= 15 is 0 Å². The fraction of sp³-hybridized carbons (Fsp3) is 0.412. The Kier molecular flexibility index (Phi) is 8.40. The van der Waals surface area contributed by atoms with Gasteiger partial charge < -0.3 is 0 Å². The Hall–Kier alpha value is -1.08. The first kappa shape index (κ1) is 16.9. The van der Waals surface area contributed by atoms with Crippen LogP contribution in [-0.2, 0) is 6.42 Å². The Morgan fingerprint density at radius 3 is 2.28 bits per heavy atom. The van der Waals surface area contributed by atoms with E-state index in [0.717, 1.165) is 6.42 Å². The van der Waals surface area contributed by atoms with Crippen molar-refractivity contribution in [1.82, 2.24) is 0 Å². The number of fused-ring (bicyclic) bond motifs is 1. The van der Waals surface area contributed by atoms with Gasteiger partial charge >= 0.3 is 0 Å². The minimum Gasteiger partial charge on any atom is -0.136 e. The molecule has 1 heterocycles. The molecule has 0 radical (unpaired) electrons. The van der Waals surface area contributed by atoms with E-state index in [-0.39, 0.29) is 0 Å². The lowest BCUT2D eigenvalue weighted by Crippen LogP contribution is -1.80. The van der Waals surface area contributed by atoms with Crippen LogP contribution in [0.4, 0.5) is 0 Å². The van der Waals surface area contributed by atoms with Gasteiger partial charge in [-0.25, -0.2) is 0 Å². The molecule has 0 bridgehead atoms. The van der Waals surface area contributed by atoms with E-state index in [1.54, 1.807) is 0 Å². The number of benzene rings is 1. The average molecular weight is 262 g/mol. The number of aryl methyl sites for hydroxylation is 2. The second kappa shape index (κ2) is 8.93. The maximum atomic E-state index is 3.87. The fourth-order valence-electron chi connectivity index (χ4n) is 1.81. The van der Waals surface area contributed by atoms with Crippen LogP contribution in [0.5, 0.6) is 0 Å². The second-order valence-electron chi connectivity index (χ2n) is 3.50. The van der Waals surface area contributed by atoms with Gasteiger partial charge in [0.25, 0.3) is 0 Å².